The first-order chi connectivity index (χ1) is 10.5. The van der Waals surface area contributed by atoms with E-state index >= 15 is 0 Å². The number of hydrogen-bond donors (Lipinski definition) is 2. The van der Waals surface area contributed by atoms with E-state index in [4.69, 9.17) is 33.7 Å². The highest BCUT2D eigenvalue weighted by molar-refractivity contribution is 6.44. The Morgan fingerprint density at radius 3 is 2.95 bits per heavy atom. The molecule has 1 atom stereocenters. The average Bonchev–Trinajstić information content (AvgIpc) is 2.88. The summed E-state index contributed by atoms with van der Waals surface area (Å²) in [6.45, 7) is 1.59. The fourth-order valence-electron chi connectivity index (χ4n) is 2.54. The van der Waals surface area contributed by atoms with Crippen molar-refractivity contribution in [1.29, 1.82) is 0 Å². The van der Waals surface area contributed by atoms with Crippen molar-refractivity contribution in [3.05, 3.63) is 33.7 Å². The minimum atomic E-state index is -0.580. The molecule has 2 aromatic rings. The van der Waals surface area contributed by atoms with Gasteiger partial charge in [-0.15, -0.1) is 0 Å². The van der Waals surface area contributed by atoms with Crippen molar-refractivity contribution in [2.45, 2.75) is 6.10 Å². The Kier molecular flexibility index (Phi) is 4.27. The van der Waals surface area contributed by atoms with Gasteiger partial charge in [0.05, 0.1) is 22.8 Å². The summed E-state index contributed by atoms with van der Waals surface area (Å²) >= 11 is 12.2. The van der Waals surface area contributed by atoms with E-state index in [0.717, 1.165) is 0 Å². The summed E-state index contributed by atoms with van der Waals surface area (Å²) in [6, 6.07) is 2.73. The monoisotopic (exact) mass is 345 g/mol. The number of carbonyl (C=O) groups excluding carboxylic acids is 1. The van der Waals surface area contributed by atoms with Crippen LogP contribution in [0.2, 0.25) is 10.0 Å². The highest BCUT2D eigenvalue weighted by Crippen LogP contribution is 2.35. The third kappa shape index (κ3) is 2.56. The van der Waals surface area contributed by atoms with Crippen molar-refractivity contribution in [1.82, 2.24) is 9.88 Å². The molecule has 2 heterocycles. The molecule has 0 aliphatic carbocycles. The molecule has 3 rings (SSSR count). The van der Waals surface area contributed by atoms with Crippen LogP contribution in [0.4, 0.5) is 4.39 Å². The molecule has 1 fully saturated rings. The maximum Gasteiger partial charge on any atom is 0.272 e. The van der Waals surface area contributed by atoms with E-state index in [1.807, 2.05) is 0 Å². The normalized spacial score (nSPS) is 18.9. The van der Waals surface area contributed by atoms with Crippen LogP contribution in [-0.4, -0.2) is 48.1 Å². The lowest BCUT2D eigenvalue weighted by atomic mass is 10.2. The van der Waals surface area contributed by atoms with Crippen molar-refractivity contribution < 1.29 is 13.9 Å². The van der Waals surface area contributed by atoms with Crippen LogP contribution >= 0.6 is 23.2 Å². The van der Waals surface area contributed by atoms with E-state index in [2.05, 4.69) is 4.98 Å². The van der Waals surface area contributed by atoms with Crippen LogP contribution < -0.4 is 5.73 Å². The molecular formula is C14H14Cl2FN3O2. The minimum absolute atomic E-state index is 0.0976. The van der Waals surface area contributed by atoms with Crippen molar-refractivity contribution in [3.63, 3.8) is 0 Å². The van der Waals surface area contributed by atoms with Crippen molar-refractivity contribution in [2.75, 3.05) is 26.2 Å². The van der Waals surface area contributed by atoms with Crippen LogP contribution in [0, 0.1) is 5.82 Å². The number of benzene rings is 1. The highest BCUT2D eigenvalue weighted by Gasteiger charge is 2.28. The van der Waals surface area contributed by atoms with E-state index in [-0.39, 0.29) is 27.8 Å². The Morgan fingerprint density at radius 1 is 1.45 bits per heavy atom. The third-order valence-corrected chi connectivity index (χ3v) is 4.44. The molecule has 1 aliphatic rings. The Labute approximate surface area is 136 Å². The fourth-order valence-corrected chi connectivity index (χ4v) is 3.17. The number of aromatic amines is 1. The predicted molar refractivity (Wildman–Crippen MR) is 83.0 cm³/mol. The number of nitrogens with one attached hydrogen (secondary N) is 1. The van der Waals surface area contributed by atoms with Crippen LogP contribution in [-0.2, 0) is 4.74 Å². The van der Waals surface area contributed by atoms with Gasteiger partial charge in [0, 0.05) is 30.5 Å². The number of hydrogen-bond acceptors (Lipinski definition) is 3. The number of fused-ring (bicyclic) bond motifs is 1. The second-order valence-corrected chi connectivity index (χ2v) is 5.83. The maximum atomic E-state index is 13.6. The lowest BCUT2D eigenvalue weighted by Gasteiger charge is -2.32. The molecule has 1 aromatic carbocycles. The van der Waals surface area contributed by atoms with Gasteiger partial charge in [-0.25, -0.2) is 4.39 Å². The van der Waals surface area contributed by atoms with Gasteiger partial charge in [-0.1, -0.05) is 23.2 Å². The van der Waals surface area contributed by atoms with E-state index in [0.29, 0.717) is 37.1 Å². The molecule has 1 amide bonds. The molecule has 0 radical (unpaired) electrons. The molecule has 0 bridgehead atoms. The number of halogens is 3. The van der Waals surface area contributed by atoms with Crippen LogP contribution in [0.5, 0.6) is 0 Å². The quantitative estimate of drug-likeness (QED) is 0.877. The lowest BCUT2D eigenvalue weighted by molar-refractivity contribution is -0.0169. The van der Waals surface area contributed by atoms with Gasteiger partial charge in [-0.05, 0) is 12.1 Å². The summed E-state index contributed by atoms with van der Waals surface area (Å²) in [5.74, 6) is -0.858. The summed E-state index contributed by atoms with van der Waals surface area (Å²) in [5, 5.41) is 0.343. The first kappa shape index (κ1) is 15.6. The third-order valence-electron chi connectivity index (χ3n) is 3.70. The molecule has 1 saturated heterocycles. The molecule has 0 unspecified atom stereocenters. The summed E-state index contributed by atoms with van der Waals surface area (Å²) in [4.78, 5) is 17.2. The predicted octanol–water partition coefficient (Wildman–Crippen LogP) is 2.41. The van der Waals surface area contributed by atoms with Gasteiger partial charge in [0.25, 0.3) is 5.91 Å². The topological polar surface area (TPSA) is 71.3 Å². The number of morpholine rings is 1. The standard InChI is InChI=1S/C14H14Cl2FN3O2/c15-11-8(17)1-2-9-10(11)12(16)13(19-9)14(21)20-3-4-22-7(5-18)6-20/h1-2,7,19H,3-6,18H2/t7-/m0/s1. The number of nitrogens with zero attached hydrogens (tertiary/aromatic N) is 1. The highest BCUT2D eigenvalue weighted by atomic mass is 35.5. The second kappa shape index (κ2) is 6.04. The molecule has 1 aromatic heterocycles. The first-order valence-electron chi connectivity index (χ1n) is 6.79. The molecule has 0 spiro atoms. The molecule has 118 valence electrons. The van der Waals surface area contributed by atoms with Gasteiger partial charge >= 0.3 is 0 Å². The van der Waals surface area contributed by atoms with E-state index in [1.54, 1.807) is 4.90 Å². The first-order valence-corrected chi connectivity index (χ1v) is 7.54. The molecule has 8 heteroatoms. The van der Waals surface area contributed by atoms with Crippen molar-refractivity contribution in [2.24, 2.45) is 5.73 Å². The number of H-pyrrole nitrogens is 1. The molecular weight excluding hydrogens is 332 g/mol. The Morgan fingerprint density at radius 2 is 2.23 bits per heavy atom. The molecule has 3 N–H and O–H groups in total. The number of carbonyl (C=O) groups is 1. The average molecular weight is 346 g/mol. The summed E-state index contributed by atoms with van der Waals surface area (Å²) in [6.07, 6.45) is -0.193. The summed E-state index contributed by atoms with van der Waals surface area (Å²) < 4.78 is 19.0. The number of aromatic nitrogens is 1. The Bertz CT molecular complexity index is 734. The van der Waals surface area contributed by atoms with E-state index in [1.165, 1.54) is 12.1 Å². The van der Waals surface area contributed by atoms with E-state index < -0.39 is 5.82 Å². The van der Waals surface area contributed by atoms with Crippen molar-refractivity contribution in [3.8, 4) is 0 Å². The molecule has 0 saturated carbocycles. The number of rotatable bonds is 2. The van der Waals surface area contributed by atoms with Crippen molar-refractivity contribution >= 4 is 40.0 Å². The molecule has 22 heavy (non-hydrogen) atoms. The van der Waals surface area contributed by atoms with Gasteiger partial charge in [0.2, 0.25) is 0 Å². The number of ether oxygens (including phenoxy) is 1. The Hall–Kier alpha value is -1.34. The smallest absolute Gasteiger partial charge is 0.272 e. The number of nitrogens with two attached hydrogens (primary N) is 1. The van der Waals surface area contributed by atoms with Gasteiger partial charge in [0.1, 0.15) is 11.5 Å². The van der Waals surface area contributed by atoms with Crippen LogP contribution in [0.3, 0.4) is 0 Å². The summed E-state index contributed by atoms with van der Waals surface area (Å²) in [7, 11) is 0. The largest absolute Gasteiger partial charge is 0.373 e. The SMILES string of the molecule is NC[C@H]1CN(C(=O)c2[nH]c3ccc(F)c(Cl)c3c2Cl)CCO1. The van der Waals surface area contributed by atoms with Crippen LogP contribution in [0.15, 0.2) is 12.1 Å². The fraction of sp³-hybridized carbons (Fsp3) is 0.357. The Balaban J connectivity index is 1.98. The van der Waals surface area contributed by atoms with Gasteiger partial charge in [-0.3, -0.25) is 4.79 Å². The second-order valence-electron chi connectivity index (χ2n) is 5.08. The molecule has 5 nitrogen and oxygen atoms in total. The van der Waals surface area contributed by atoms with Gasteiger partial charge in [-0.2, -0.15) is 0 Å². The lowest BCUT2D eigenvalue weighted by Crippen LogP contribution is -2.48. The van der Waals surface area contributed by atoms with Crippen LogP contribution in [0.25, 0.3) is 10.9 Å². The zero-order chi connectivity index (χ0) is 15.9. The minimum Gasteiger partial charge on any atom is -0.373 e. The summed E-state index contributed by atoms with van der Waals surface area (Å²) in [5.41, 5.74) is 6.29. The zero-order valence-corrected chi connectivity index (χ0v) is 13.0. The molecule has 1 aliphatic heterocycles. The zero-order valence-electron chi connectivity index (χ0n) is 11.5. The maximum absolute atomic E-state index is 13.6. The van der Waals surface area contributed by atoms with Gasteiger partial charge < -0.3 is 20.4 Å². The van der Waals surface area contributed by atoms with Gasteiger partial charge in [0.15, 0.2) is 0 Å². The number of amides is 1. The van der Waals surface area contributed by atoms with E-state index in [9.17, 15) is 9.18 Å². The van der Waals surface area contributed by atoms with Crippen LogP contribution in [0.1, 0.15) is 10.5 Å².